The van der Waals surface area contributed by atoms with Gasteiger partial charge in [-0.1, -0.05) is 0 Å². The third kappa shape index (κ3) is 6.01. The molecule has 7 nitrogen and oxygen atoms in total. The Kier molecular flexibility index (Phi) is 4.86. The second-order valence-electron chi connectivity index (χ2n) is 7.03. The summed E-state index contributed by atoms with van der Waals surface area (Å²) >= 11 is 0. The molecule has 1 saturated heterocycles. The zero-order chi connectivity index (χ0) is 16.4. The van der Waals surface area contributed by atoms with Crippen molar-refractivity contribution in [3.8, 4) is 0 Å². The molecule has 0 aromatic heterocycles. The van der Waals surface area contributed by atoms with E-state index in [0.717, 1.165) is 4.90 Å². The predicted molar refractivity (Wildman–Crippen MR) is 75.7 cm³/mol. The lowest BCUT2D eigenvalue weighted by Crippen LogP contribution is -2.42. The van der Waals surface area contributed by atoms with Gasteiger partial charge in [0.05, 0.1) is 12.6 Å². The van der Waals surface area contributed by atoms with E-state index in [2.05, 4.69) is 5.32 Å². The minimum atomic E-state index is -0.694. The van der Waals surface area contributed by atoms with Crippen molar-refractivity contribution in [2.75, 3.05) is 6.54 Å². The summed E-state index contributed by atoms with van der Waals surface area (Å²) in [7, 11) is 0. The molecule has 1 rings (SSSR count). The third-order valence-corrected chi connectivity index (χ3v) is 2.46. The highest BCUT2D eigenvalue weighted by Gasteiger charge is 2.37. The number of hydrogen-bond donors (Lipinski definition) is 1. The molecule has 0 aliphatic carbocycles. The van der Waals surface area contributed by atoms with Gasteiger partial charge in [0.1, 0.15) is 11.2 Å². The van der Waals surface area contributed by atoms with Crippen LogP contribution in [0, 0.1) is 0 Å². The summed E-state index contributed by atoms with van der Waals surface area (Å²) in [5.41, 5.74) is -1.29. The molecule has 21 heavy (non-hydrogen) atoms. The molecule has 0 saturated carbocycles. The number of hydrogen-bond acceptors (Lipinski definition) is 5. The summed E-state index contributed by atoms with van der Waals surface area (Å²) in [5, 5.41) is 2.58. The number of ether oxygens (including phenoxy) is 2. The standard InChI is InChI=1S/C14H24N2O5/c1-13(2,3)20-11(18)15-9-7-10(17)16(8-9)12(19)21-14(4,5)6/h9H,7-8H2,1-6H3,(H,15,18). The topological polar surface area (TPSA) is 84.9 Å². The highest BCUT2D eigenvalue weighted by Crippen LogP contribution is 2.17. The van der Waals surface area contributed by atoms with Crippen molar-refractivity contribution in [1.82, 2.24) is 10.2 Å². The molecule has 1 fully saturated rings. The Labute approximate surface area is 124 Å². The van der Waals surface area contributed by atoms with Crippen LogP contribution in [0.25, 0.3) is 0 Å². The molecule has 3 amide bonds. The van der Waals surface area contributed by atoms with E-state index in [-0.39, 0.29) is 18.9 Å². The minimum absolute atomic E-state index is 0.0541. The maximum atomic E-state index is 11.9. The number of amides is 3. The first-order chi connectivity index (χ1) is 9.37. The number of carbonyl (C=O) groups is 3. The van der Waals surface area contributed by atoms with E-state index in [0.29, 0.717) is 0 Å². The fourth-order valence-corrected chi connectivity index (χ4v) is 1.77. The van der Waals surface area contributed by atoms with Crippen molar-refractivity contribution < 1.29 is 23.9 Å². The van der Waals surface area contributed by atoms with E-state index in [4.69, 9.17) is 9.47 Å². The van der Waals surface area contributed by atoms with Gasteiger partial charge in [-0.2, -0.15) is 0 Å². The van der Waals surface area contributed by atoms with Crippen LogP contribution >= 0.6 is 0 Å². The Balaban J connectivity index is 2.55. The molecular formula is C14H24N2O5. The highest BCUT2D eigenvalue weighted by molar-refractivity contribution is 5.94. The van der Waals surface area contributed by atoms with Crippen LogP contribution in [0.2, 0.25) is 0 Å². The van der Waals surface area contributed by atoms with Crippen molar-refractivity contribution in [2.45, 2.75) is 65.2 Å². The Morgan fingerprint density at radius 3 is 2.10 bits per heavy atom. The third-order valence-electron chi connectivity index (χ3n) is 2.46. The molecule has 0 aromatic rings. The first kappa shape index (κ1) is 17.3. The molecule has 0 radical (unpaired) electrons. The maximum Gasteiger partial charge on any atom is 0.417 e. The highest BCUT2D eigenvalue weighted by atomic mass is 16.6. The average Bonchev–Trinajstić information content (AvgIpc) is 2.53. The lowest BCUT2D eigenvalue weighted by molar-refractivity contribution is -0.126. The van der Waals surface area contributed by atoms with Gasteiger partial charge in [0.2, 0.25) is 5.91 Å². The first-order valence-electron chi connectivity index (χ1n) is 6.90. The Hall–Kier alpha value is -1.79. The molecule has 1 heterocycles. The summed E-state index contributed by atoms with van der Waals surface area (Å²) in [4.78, 5) is 36.3. The fourth-order valence-electron chi connectivity index (χ4n) is 1.77. The summed E-state index contributed by atoms with van der Waals surface area (Å²) < 4.78 is 10.3. The Morgan fingerprint density at radius 2 is 1.62 bits per heavy atom. The normalized spacial score (nSPS) is 19.4. The monoisotopic (exact) mass is 300 g/mol. The number of alkyl carbamates (subject to hydrolysis) is 1. The largest absolute Gasteiger partial charge is 0.444 e. The van der Waals surface area contributed by atoms with Crippen molar-refractivity contribution in [2.24, 2.45) is 0 Å². The molecular weight excluding hydrogens is 276 g/mol. The number of likely N-dealkylation sites (tertiary alicyclic amines) is 1. The number of rotatable bonds is 1. The number of imide groups is 1. The molecule has 120 valence electrons. The van der Waals surface area contributed by atoms with Crippen molar-refractivity contribution >= 4 is 18.1 Å². The van der Waals surface area contributed by atoms with Crippen molar-refractivity contribution in [1.29, 1.82) is 0 Å². The van der Waals surface area contributed by atoms with E-state index in [1.54, 1.807) is 41.5 Å². The fraction of sp³-hybridized carbons (Fsp3) is 0.786. The average molecular weight is 300 g/mol. The lowest BCUT2D eigenvalue weighted by atomic mass is 10.2. The van der Waals surface area contributed by atoms with Crippen LogP contribution in [0.3, 0.4) is 0 Å². The van der Waals surface area contributed by atoms with E-state index in [1.165, 1.54) is 0 Å². The van der Waals surface area contributed by atoms with E-state index >= 15 is 0 Å². The zero-order valence-electron chi connectivity index (χ0n) is 13.5. The molecule has 1 N–H and O–H groups in total. The lowest BCUT2D eigenvalue weighted by Gasteiger charge is -2.24. The van der Waals surface area contributed by atoms with E-state index in [9.17, 15) is 14.4 Å². The van der Waals surface area contributed by atoms with Crippen LogP contribution in [0.15, 0.2) is 0 Å². The van der Waals surface area contributed by atoms with Gasteiger partial charge >= 0.3 is 12.2 Å². The quantitative estimate of drug-likeness (QED) is 0.801. The predicted octanol–water partition coefficient (Wildman–Crippen LogP) is 2.05. The van der Waals surface area contributed by atoms with Gasteiger partial charge < -0.3 is 14.8 Å². The summed E-state index contributed by atoms with van der Waals surface area (Å²) in [6, 6.07) is -0.458. The van der Waals surface area contributed by atoms with Crippen LogP contribution in [-0.2, 0) is 14.3 Å². The van der Waals surface area contributed by atoms with Gasteiger partial charge in [-0.15, -0.1) is 0 Å². The van der Waals surface area contributed by atoms with Crippen LogP contribution in [0.5, 0.6) is 0 Å². The molecule has 0 bridgehead atoms. The van der Waals surface area contributed by atoms with Gasteiger partial charge in [-0.05, 0) is 41.5 Å². The number of carbonyl (C=O) groups excluding carboxylic acids is 3. The molecule has 1 aliphatic rings. The van der Waals surface area contributed by atoms with E-state index < -0.39 is 29.4 Å². The van der Waals surface area contributed by atoms with Crippen LogP contribution < -0.4 is 5.32 Å². The number of nitrogens with one attached hydrogen (secondary N) is 1. The van der Waals surface area contributed by atoms with Gasteiger partial charge in [-0.3, -0.25) is 4.79 Å². The minimum Gasteiger partial charge on any atom is -0.444 e. The molecule has 0 aromatic carbocycles. The van der Waals surface area contributed by atoms with Gasteiger partial charge in [0, 0.05) is 6.42 Å². The summed E-state index contributed by atoms with van der Waals surface area (Å²) in [6.07, 6.45) is -1.24. The molecule has 7 heteroatoms. The van der Waals surface area contributed by atoms with Gasteiger partial charge in [0.25, 0.3) is 0 Å². The summed E-state index contributed by atoms with van der Waals surface area (Å²) in [5.74, 6) is -0.370. The first-order valence-corrected chi connectivity index (χ1v) is 6.90. The van der Waals surface area contributed by atoms with Crippen LogP contribution in [-0.4, -0.2) is 46.8 Å². The molecule has 1 unspecified atom stereocenters. The van der Waals surface area contributed by atoms with Crippen molar-refractivity contribution in [3.63, 3.8) is 0 Å². The zero-order valence-corrected chi connectivity index (χ0v) is 13.5. The van der Waals surface area contributed by atoms with E-state index in [1.807, 2.05) is 0 Å². The second kappa shape index (κ2) is 5.91. The second-order valence-corrected chi connectivity index (χ2v) is 7.03. The molecule has 1 atom stereocenters. The number of nitrogens with zero attached hydrogens (tertiary/aromatic N) is 1. The SMILES string of the molecule is CC(C)(C)OC(=O)NC1CC(=O)N(C(=O)OC(C)(C)C)C1. The van der Waals surface area contributed by atoms with Crippen LogP contribution in [0.4, 0.5) is 9.59 Å². The summed E-state index contributed by atoms with van der Waals surface area (Å²) in [6.45, 7) is 10.5. The maximum absolute atomic E-state index is 11.9. The molecule has 1 aliphatic heterocycles. The van der Waals surface area contributed by atoms with Crippen molar-refractivity contribution in [3.05, 3.63) is 0 Å². The molecule has 0 spiro atoms. The van der Waals surface area contributed by atoms with Crippen LogP contribution in [0.1, 0.15) is 48.0 Å². The smallest absolute Gasteiger partial charge is 0.417 e. The Morgan fingerprint density at radius 1 is 1.10 bits per heavy atom. The Bertz CT molecular complexity index is 434. The van der Waals surface area contributed by atoms with Gasteiger partial charge in [0.15, 0.2) is 0 Å². The van der Waals surface area contributed by atoms with Gasteiger partial charge in [-0.25, -0.2) is 14.5 Å².